The number of benzene rings is 1. The summed E-state index contributed by atoms with van der Waals surface area (Å²) < 4.78 is 32.1. The molecule has 26 heavy (non-hydrogen) atoms. The topological polar surface area (TPSA) is 48.0 Å². The first-order valence-electron chi connectivity index (χ1n) is 9.18. The highest BCUT2D eigenvalue weighted by Gasteiger charge is 2.52. The van der Waals surface area contributed by atoms with E-state index in [1.165, 1.54) is 19.2 Å². The number of carbonyl (C=O) groups is 1. The van der Waals surface area contributed by atoms with E-state index < -0.39 is 24.1 Å². The van der Waals surface area contributed by atoms with E-state index in [0.717, 1.165) is 19.3 Å². The highest BCUT2D eigenvalue weighted by Crippen LogP contribution is 2.37. The van der Waals surface area contributed by atoms with Gasteiger partial charge >= 0.3 is 7.12 Å². The molecular formula is C19H27BFNO4. The first-order valence-corrected chi connectivity index (χ1v) is 9.18. The van der Waals surface area contributed by atoms with Gasteiger partial charge < -0.3 is 18.9 Å². The Bertz CT molecular complexity index is 685. The van der Waals surface area contributed by atoms with Crippen molar-refractivity contribution < 1.29 is 23.2 Å². The number of ether oxygens (including phenoxy) is 1. The Morgan fingerprint density at radius 2 is 1.69 bits per heavy atom. The van der Waals surface area contributed by atoms with Gasteiger partial charge in [-0.3, -0.25) is 4.79 Å². The van der Waals surface area contributed by atoms with Gasteiger partial charge in [0, 0.05) is 18.6 Å². The average molecular weight is 363 g/mol. The van der Waals surface area contributed by atoms with Crippen LogP contribution in [0.4, 0.5) is 4.39 Å². The van der Waals surface area contributed by atoms with Gasteiger partial charge in [0.2, 0.25) is 0 Å². The number of halogens is 1. The van der Waals surface area contributed by atoms with Gasteiger partial charge in [0.1, 0.15) is 11.6 Å². The van der Waals surface area contributed by atoms with E-state index in [9.17, 15) is 9.18 Å². The van der Waals surface area contributed by atoms with Crippen LogP contribution in [0.3, 0.4) is 0 Å². The third-order valence-electron chi connectivity index (χ3n) is 5.70. The summed E-state index contributed by atoms with van der Waals surface area (Å²) in [6.07, 6.45) is 3.07. The van der Waals surface area contributed by atoms with Crippen LogP contribution in [0.1, 0.15) is 57.3 Å². The predicted molar refractivity (Wildman–Crippen MR) is 98.4 cm³/mol. The van der Waals surface area contributed by atoms with Gasteiger partial charge in [0.05, 0.1) is 23.9 Å². The second-order valence-electron chi connectivity index (χ2n) is 8.02. The van der Waals surface area contributed by atoms with Gasteiger partial charge in [0.15, 0.2) is 0 Å². The summed E-state index contributed by atoms with van der Waals surface area (Å²) in [5.74, 6) is -0.378. The van der Waals surface area contributed by atoms with Crippen molar-refractivity contribution in [1.29, 1.82) is 0 Å². The monoisotopic (exact) mass is 363 g/mol. The quantitative estimate of drug-likeness (QED) is 0.775. The van der Waals surface area contributed by atoms with Crippen LogP contribution in [0.15, 0.2) is 12.1 Å². The second-order valence-corrected chi connectivity index (χ2v) is 8.02. The molecular weight excluding hydrogens is 336 g/mol. The number of carbonyl (C=O) groups excluding carboxylic acids is 1. The van der Waals surface area contributed by atoms with Gasteiger partial charge in [-0.1, -0.05) is 0 Å². The molecule has 7 heteroatoms. The Kier molecular flexibility index (Phi) is 5.05. The first kappa shape index (κ1) is 19.2. The largest absolute Gasteiger partial charge is 0.497 e. The van der Waals surface area contributed by atoms with Crippen molar-refractivity contribution in [3.8, 4) is 5.75 Å². The van der Waals surface area contributed by atoms with Crippen molar-refractivity contribution in [2.75, 3.05) is 20.2 Å². The molecule has 1 aromatic carbocycles. The van der Waals surface area contributed by atoms with E-state index >= 15 is 0 Å². The number of methoxy groups -OCH3 is 1. The molecule has 3 rings (SSSR count). The zero-order valence-electron chi connectivity index (χ0n) is 16.2. The molecule has 0 bridgehead atoms. The third kappa shape index (κ3) is 3.34. The lowest BCUT2D eigenvalue weighted by Gasteiger charge is -2.32. The van der Waals surface area contributed by atoms with Crippen LogP contribution in [0.2, 0.25) is 0 Å². The molecule has 2 aliphatic rings. The number of hydrogen-bond acceptors (Lipinski definition) is 4. The van der Waals surface area contributed by atoms with Crippen molar-refractivity contribution in [2.45, 2.75) is 58.2 Å². The molecule has 0 aliphatic carbocycles. The second kappa shape index (κ2) is 6.85. The third-order valence-corrected chi connectivity index (χ3v) is 5.70. The molecule has 0 aromatic heterocycles. The molecule has 0 N–H and O–H groups in total. The summed E-state index contributed by atoms with van der Waals surface area (Å²) in [4.78, 5) is 14.5. The number of likely N-dealkylation sites (tertiary alicyclic amines) is 1. The number of hydrogen-bond donors (Lipinski definition) is 0. The van der Waals surface area contributed by atoms with Gasteiger partial charge in [0.25, 0.3) is 5.91 Å². The zero-order valence-corrected chi connectivity index (χ0v) is 16.2. The van der Waals surface area contributed by atoms with Gasteiger partial charge in [-0.05, 0) is 59.1 Å². The van der Waals surface area contributed by atoms with Crippen molar-refractivity contribution in [3.63, 3.8) is 0 Å². The molecule has 0 radical (unpaired) electrons. The summed E-state index contributed by atoms with van der Waals surface area (Å²) in [6, 6.07) is 2.77. The molecule has 2 fully saturated rings. The molecule has 5 nitrogen and oxygen atoms in total. The van der Waals surface area contributed by atoms with Crippen LogP contribution in [0.25, 0.3) is 0 Å². The van der Waals surface area contributed by atoms with E-state index in [1.54, 1.807) is 4.90 Å². The van der Waals surface area contributed by atoms with Crippen LogP contribution >= 0.6 is 0 Å². The Morgan fingerprint density at radius 1 is 1.12 bits per heavy atom. The van der Waals surface area contributed by atoms with E-state index in [-0.39, 0.29) is 16.9 Å². The molecule has 0 saturated carbocycles. The van der Waals surface area contributed by atoms with E-state index in [4.69, 9.17) is 14.0 Å². The van der Waals surface area contributed by atoms with Gasteiger partial charge in [-0.15, -0.1) is 0 Å². The van der Waals surface area contributed by atoms with E-state index in [0.29, 0.717) is 18.8 Å². The van der Waals surface area contributed by atoms with Gasteiger partial charge in [-0.25, -0.2) is 4.39 Å². The van der Waals surface area contributed by atoms with Crippen molar-refractivity contribution in [3.05, 3.63) is 23.5 Å². The Hall–Kier alpha value is -1.60. The molecule has 1 aromatic rings. The summed E-state index contributed by atoms with van der Waals surface area (Å²) in [5, 5.41) is 0. The van der Waals surface area contributed by atoms with Crippen LogP contribution in [0, 0.1) is 5.82 Å². The number of nitrogens with zero attached hydrogens (tertiary/aromatic N) is 1. The summed E-state index contributed by atoms with van der Waals surface area (Å²) in [7, 11) is 0.641. The molecule has 142 valence electrons. The first-order chi connectivity index (χ1) is 12.2. The molecule has 2 heterocycles. The standard InChI is InChI=1S/C19H27BFNO4/c1-18(2)19(3,4)26-20(25-18)14-12-16(24-5)13(11-15(14)21)17(23)22-9-7-6-8-10-22/h11-12H,6-10H2,1-5H3. The van der Waals surface area contributed by atoms with Crippen LogP contribution < -0.4 is 10.2 Å². The Labute approximate surface area is 154 Å². The fourth-order valence-electron chi connectivity index (χ4n) is 3.32. The van der Waals surface area contributed by atoms with Crippen molar-refractivity contribution in [2.24, 2.45) is 0 Å². The maximum absolute atomic E-state index is 14.9. The zero-order chi connectivity index (χ0) is 19.1. The Balaban J connectivity index is 1.92. The lowest BCUT2D eigenvalue weighted by atomic mass is 9.78. The fraction of sp³-hybridized carbons (Fsp3) is 0.632. The van der Waals surface area contributed by atoms with Crippen LogP contribution in [-0.2, 0) is 9.31 Å². The molecule has 0 atom stereocenters. The molecule has 0 unspecified atom stereocenters. The maximum atomic E-state index is 14.9. The molecule has 1 amide bonds. The van der Waals surface area contributed by atoms with Crippen molar-refractivity contribution in [1.82, 2.24) is 4.90 Å². The minimum Gasteiger partial charge on any atom is -0.496 e. The molecule has 2 saturated heterocycles. The van der Waals surface area contributed by atoms with Gasteiger partial charge in [-0.2, -0.15) is 0 Å². The highest BCUT2D eigenvalue weighted by molar-refractivity contribution is 6.62. The summed E-state index contributed by atoms with van der Waals surface area (Å²) >= 11 is 0. The summed E-state index contributed by atoms with van der Waals surface area (Å²) in [5.41, 5.74) is -0.651. The predicted octanol–water partition coefficient (Wildman–Crippen LogP) is 2.76. The number of amides is 1. The van der Waals surface area contributed by atoms with Crippen LogP contribution in [-0.4, -0.2) is 49.3 Å². The lowest BCUT2D eigenvalue weighted by molar-refractivity contribution is 0.00578. The average Bonchev–Trinajstić information content (AvgIpc) is 2.82. The van der Waals surface area contributed by atoms with E-state index in [2.05, 4.69) is 0 Å². The SMILES string of the molecule is COc1cc(B2OC(C)(C)C(C)(C)O2)c(F)cc1C(=O)N1CCCCC1. The minimum absolute atomic E-state index is 0.194. The minimum atomic E-state index is -0.840. The van der Waals surface area contributed by atoms with Crippen LogP contribution in [0.5, 0.6) is 5.75 Å². The maximum Gasteiger partial charge on any atom is 0.497 e. The van der Waals surface area contributed by atoms with E-state index in [1.807, 2.05) is 27.7 Å². The number of rotatable bonds is 3. The molecule has 2 aliphatic heterocycles. The smallest absolute Gasteiger partial charge is 0.496 e. The Morgan fingerprint density at radius 3 is 2.23 bits per heavy atom. The normalized spacial score (nSPS) is 21.8. The highest BCUT2D eigenvalue weighted by atomic mass is 19.1. The fourth-order valence-corrected chi connectivity index (χ4v) is 3.32. The number of piperidine rings is 1. The summed E-state index contributed by atoms with van der Waals surface area (Å²) in [6.45, 7) is 9.05. The lowest BCUT2D eigenvalue weighted by Crippen LogP contribution is -2.41. The van der Waals surface area contributed by atoms with Crippen molar-refractivity contribution >= 4 is 18.5 Å². The molecule has 0 spiro atoms.